The van der Waals surface area contributed by atoms with Crippen LogP contribution in [0.25, 0.3) is 6.08 Å². The number of hydrogen-bond donors (Lipinski definition) is 2. The van der Waals surface area contributed by atoms with Crippen molar-refractivity contribution in [1.82, 2.24) is 10.7 Å². The number of amides is 2. The van der Waals surface area contributed by atoms with E-state index in [9.17, 15) is 9.59 Å². The Labute approximate surface area is 186 Å². The molecule has 1 aliphatic rings. The number of carbonyl (C=O) groups is 2. The van der Waals surface area contributed by atoms with Gasteiger partial charge in [0.15, 0.2) is 11.5 Å². The summed E-state index contributed by atoms with van der Waals surface area (Å²) >= 11 is 7.52. The maximum atomic E-state index is 12.7. The van der Waals surface area contributed by atoms with Crippen molar-refractivity contribution >= 4 is 47.0 Å². The largest absolute Gasteiger partial charge is 0.454 e. The molecule has 0 radical (unpaired) electrons. The highest BCUT2D eigenvalue weighted by Gasteiger charge is 2.17. The van der Waals surface area contributed by atoms with E-state index in [4.69, 9.17) is 21.1 Å². The van der Waals surface area contributed by atoms with Crippen LogP contribution in [-0.2, 0) is 4.79 Å². The van der Waals surface area contributed by atoms with E-state index in [0.717, 1.165) is 4.88 Å². The molecule has 2 N–H and O–H groups in total. The third-order valence-electron chi connectivity index (χ3n) is 4.22. The number of hydrogen-bond acceptors (Lipinski definition) is 6. The van der Waals surface area contributed by atoms with Crippen molar-refractivity contribution in [2.45, 2.75) is 0 Å². The summed E-state index contributed by atoms with van der Waals surface area (Å²) in [6.45, 7) is 0.175. The smallest absolute Gasteiger partial charge is 0.287 e. The molecule has 4 rings (SSSR count). The van der Waals surface area contributed by atoms with Crippen LogP contribution in [0.1, 0.15) is 20.8 Å². The van der Waals surface area contributed by atoms with Gasteiger partial charge in [-0.1, -0.05) is 29.8 Å². The van der Waals surface area contributed by atoms with Crippen LogP contribution in [0.15, 0.2) is 70.8 Å². The van der Waals surface area contributed by atoms with Crippen LogP contribution >= 0.6 is 22.9 Å². The Kier molecular flexibility index (Phi) is 6.30. The lowest BCUT2D eigenvalue weighted by atomic mass is 10.2. The molecule has 0 bridgehead atoms. The van der Waals surface area contributed by atoms with Crippen LogP contribution < -0.4 is 20.2 Å². The van der Waals surface area contributed by atoms with Crippen molar-refractivity contribution in [3.8, 4) is 11.5 Å². The number of carbonyl (C=O) groups excluding carboxylic acids is 2. The minimum atomic E-state index is -0.578. The summed E-state index contributed by atoms with van der Waals surface area (Å²) in [6.07, 6.45) is 3.04. The van der Waals surface area contributed by atoms with Crippen molar-refractivity contribution in [2.24, 2.45) is 5.10 Å². The SMILES string of the molecule is O=C(NN=Cc1ccc2c(c1)OCO2)C(=Cc1cccs1)NC(=O)c1ccccc1Cl. The van der Waals surface area contributed by atoms with Crippen molar-refractivity contribution < 1.29 is 19.1 Å². The molecule has 0 aliphatic carbocycles. The molecule has 1 aliphatic heterocycles. The summed E-state index contributed by atoms with van der Waals surface area (Å²) in [6, 6.07) is 15.6. The summed E-state index contributed by atoms with van der Waals surface area (Å²) in [5.74, 6) is 0.194. The molecule has 0 atom stereocenters. The standard InChI is InChI=1S/C22H16ClN3O4S/c23-17-6-2-1-5-16(17)21(27)25-18(11-15-4-3-9-31-15)22(28)26-24-12-14-7-8-19-20(10-14)30-13-29-19/h1-12H,13H2,(H,25,27)(H,26,28). The summed E-state index contributed by atoms with van der Waals surface area (Å²) in [4.78, 5) is 26.1. The van der Waals surface area contributed by atoms with Crippen LogP contribution in [0.4, 0.5) is 0 Å². The second kappa shape index (κ2) is 9.46. The highest BCUT2D eigenvalue weighted by atomic mass is 35.5. The van der Waals surface area contributed by atoms with E-state index in [-0.39, 0.29) is 23.1 Å². The molecule has 3 aromatic rings. The van der Waals surface area contributed by atoms with Gasteiger partial charge in [-0.3, -0.25) is 9.59 Å². The van der Waals surface area contributed by atoms with Gasteiger partial charge in [0.2, 0.25) is 6.79 Å². The third kappa shape index (κ3) is 5.11. The molecule has 2 heterocycles. The Balaban J connectivity index is 1.49. The van der Waals surface area contributed by atoms with Crippen LogP contribution in [-0.4, -0.2) is 24.8 Å². The minimum Gasteiger partial charge on any atom is -0.454 e. The molecule has 31 heavy (non-hydrogen) atoms. The lowest BCUT2D eigenvalue weighted by Crippen LogP contribution is -2.32. The summed E-state index contributed by atoms with van der Waals surface area (Å²) in [5.41, 5.74) is 3.45. The average Bonchev–Trinajstić information content (AvgIpc) is 3.45. The molecule has 1 aromatic heterocycles. The first-order valence-corrected chi connectivity index (χ1v) is 10.4. The number of hydrazone groups is 1. The lowest BCUT2D eigenvalue weighted by Gasteiger charge is -2.09. The maximum absolute atomic E-state index is 12.7. The fourth-order valence-electron chi connectivity index (χ4n) is 2.73. The Morgan fingerprint density at radius 2 is 1.90 bits per heavy atom. The van der Waals surface area contributed by atoms with Gasteiger partial charge in [-0.15, -0.1) is 11.3 Å². The van der Waals surface area contributed by atoms with Crippen LogP contribution in [0.2, 0.25) is 5.02 Å². The van der Waals surface area contributed by atoms with Crippen LogP contribution in [0.5, 0.6) is 11.5 Å². The highest BCUT2D eigenvalue weighted by molar-refractivity contribution is 7.10. The Morgan fingerprint density at radius 1 is 1.06 bits per heavy atom. The molecule has 9 heteroatoms. The van der Waals surface area contributed by atoms with E-state index in [1.54, 1.807) is 48.5 Å². The van der Waals surface area contributed by atoms with Crippen LogP contribution in [0, 0.1) is 0 Å². The molecule has 2 aromatic carbocycles. The van der Waals surface area contributed by atoms with Gasteiger partial charge in [0.05, 0.1) is 16.8 Å². The van der Waals surface area contributed by atoms with Gasteiger partial charge >= 0.3 is 0 Å². The number of nitrogens with one attached hydrogen (secondary N) is 2. The van der Waals surface area contributed by atoms with Gasteiger partial charge in [-0.2, -0.15) is 5.10 Å². The van der Waals surface area contributed by atoms with Gasteiger partial charge < -0.3 is 14.8 Å². The number of rotatable bonds is 6. The quantitative estimate of drug-likeness (QED) is 0.335. The first-order chi connectivity index (χ1) is 15.1. The van der Waals surface area contributed by atoms with Crippen molar-refractivity contribution in [1.29, 1.82) is 0 Å². The molecule has 0 fully saturated rings. The number of nitrogens with zero attached hydrogens (tertiary/aromatic N) is 1. The molecule has 0 saturated heterocycles. The Hall–Kier alpha value is -3.62. The lowest BCUT2D eigenvalue weighted by molar-refractivity contribution is -0.117. The number of halogens is 1. The first-order valence-electron chi connectivity index (χ1n) is 9.14. The molecule has 7 nitrogen and oxygen atoms in total. The van der Waals surface area contributed by atoms with E-state index in [0.29, 0.717) is 17.1 Å². The Morgan fingerprint density at radius 3 is 2.71 bits per heavy atom. The zero-order chi connectivity index (χ0) is 21.6. The van der Waals surface area contributed by atoms with E-state index in [1.807, 2.05) is 17.5 Å². The topological polar surface area (TPSA) is 89.0 Å². The molecule has 156 valence electrons. The fourth-order valence-corrected chi connectivity index (χ4v) is 3.61. The van der Waals surface area contributed by atoms with E-state index < -0.39 is 11.8 Å². The van der Waals surface area contributed by atoms with Gasteiger partial charge in [-0.05, 0) is 53.4 Å². The second-order valence-electron chi connectivity index (χ2n) is 6.32. The number of thiophene rings is 1. The van der Waals surface area contributed by atoms with Gasteiger partial charge in [0.1, 0.15) is 5.70 Å². The van der Waals surface area contributed by atoms with E-state index in [2.05, 4.69) is 15.8 Å². The summed E-state index contributed by atoms with van der Waals surface area (Å²) < 4.78 is 10.6. The molecule has 0 spiro atoms. The van der Waals surface area contributed by atoms with Crippen LogP contribution in [0.3, 0.4) is 0 Å². The number of ether oxygens (including phenoxy) is 2. The molecule has 0 unspecified atom stereocenters. The Bertz CT molecular complexity index is 1180. The predicted octanol–water partition coefficient (Wildman–Crippen LogP) is 4.05. The van der Waals surface area contributed by atoms with Crippen molar-refractivity contribution in [2.75, 3.05) is 6.79 Å². The normalized spacial score (nSPS) is 12.7. The van der Waals surface area contributed by atoms with Gasteiger partial charge in [0.25, 0.3) is 11.8 Å². The first kappa shape index (κ1) is 20.6. The maximum Gasteiger partial charge on any atom is 0.287 e. The van der Waals surface area contributed by atoms with Crippen molar-refractivity contribution in [3.05, 3.63) is 86.7 Å². The average molecular weight is 454 g/mol. The summed E-state index contributed by atoms with van der Waals surface area (Å²) in [7, 11) is 0. The number of fused-ring (bicyclic) bond motifs is 1. The molecular weight excluding hydrogens is 438 g/mol. The second-order valence-corrected chi connectivity index (χ2v) is 7.71. The molecular formula is C22H16ClN3O4S. The zero-order valence-electron chi connectivity index (χ0n) is 16.0. The van der Waals surface area contributed by atoms with Crippen molar-refractivity contribution in [3.63, 3.8) is 0 Å². The zero-order valence-corrected chi connectivity index (χ0v) is 17.6. The van der Waals surface area contributed by atoms with E-state index >= 15 is 0 Å². The summed E-state index contributed by atoms with van der Waals surface area (Å²) in [5, 5.41) is 8.75. The monoisotopic (exact) mass is 453 g/mol. The minimum absolute atomic E-state index is 0.0372. The highest BCUT2D eigenvalue weighted by Crippen LogP contribution is 2.31. The molecule has 2 amide bonds. The number of benzene rings is 2. The molecule has 0 saturated carbocycles. The fraction of sp³-hybridized carbons (Fsp3) is 0.0455. The predicted molar refractivity (Wildman–Crippen MR) is 120 cm³/mol. The van der Waals surface area contributed by atoms with Gasteiger partial charge in [-0.25, -0.2) is 5.43 Å². The van der Waals surface area contributed by atoms with Gasteiger partial charge in [0, 0.05) is 4.88 Å². The third-order valence-corrected chi connectivity index (χ3v) is 5.37. The van der Waals surface area contributed by atoms with E-state index in [1.165, 1.54) is 17.6 Å².